The van der Waals surface area contributed by atoms with Gasteiger partial charge in [0.2, 0.25) is 0 Å². The molecule has 8 nitrogen and oxygen atoms in total. The van der Waals surface area contributed by atoms with Gasteiger partial charge in [0.25, 0.3) is 11.8 Å². The second-order valence-corrected chi connectivity index (χ2v) is 8.74. The van der Waals surface area contributed by atoms with Crippen molar-refractivity contribution in [2.24, 2.45) is 5.73 Å². The normalized spacial score (nSPS) is 22.7. The zero-order valence-corrected chi connectivity index (χ0v) is 18.8. The molecule has 1 saturated carbocycles. The molecular weight excluding hydrogens is 420 g/mol. The minimum Gasteiger partial charge on any atom is -0.410 e. The van der Waals surface area contributed by atoms with Gasteiger partial charge in [0.05, 0.1) is 0 Å². The van der Waals surface area contributed by atoms with E-state index in [1.54, 1.807) is 42.5 Å². The van der Waals surface area contributed by atoms with Crippen molar-refractivity contribution in [3.8, 4) is 5.75 Å². The smallest absolute Gasteiger partial charge is 0.410 e. The van der Waals surface area contributed by atoms with Crippen LogP contribution in [0, 0.1) is 6.92 Å². The number of benzene rings is 2. The molecule has 0 aromatic heterocycles. The van der Waals surface area contributed by atoms with Crippen LogP contribution >= 0.6 is 0 Å². The van der Waals surface area contributed by atoms with Gasteiger partial charge < -0.3 is 20.7 Å². The van der Waals surface area contributed by atoms with Crippen molar-refractivity contribution in [2.75, 3.05) is 13.1 Å². The van der Waals surface area contributed by atoms with E-state index in [0.717, 1.165) is 31.2 Å². The number of carbonyl (C=O) groups excluding carboxylic acids is 3. The fourth-order valence-corrected chi connectivity index (χ4v) is 4.45. The summed E-state index contributed by atoms with van der Waals surface area (Å²) < 4.78 is 5.49. The minimum atomic E-state index is -1.08. The largest absolute Gasteiger partial charge is 0.417 e. The SMILES string of the molecule is Cc1cccc(C(=O)N2CCN(C(=O)Oc3ccccc3)C2C(=O)NC2CCC(N)CC2)c1. The second-order valence-electron chi connectivity index (χ2n) is 8.74. The van der Waals surface area contributed by atoms with Gasteiger partial charge in [-0.3, -0.25) is 14.5 Å². The number of hydrogen-bond acceptors (Lipinski definition) is 5. The van der Waals surface area contributed by atoms with Gasteiger partial charge in [0.15, 0.2) is 6.17 Å². The maximum absolute atomic E-state index is 13.4. The lowest BCUT2D eigenvalue weighted by Gasteiger charge is -2.32. The van der Waals surface area contributed by atoms with E-state index in [-0.39, 0.29) is 37.0 Å². The Morgan fingerprint density at radius 3 is 2.33 bits per heavy atom. The molecule has 1 saturated heterocycles. The Morgan fingerprint density at radius 1 is 0.939 bits per heavy atom. The van der Waals surface area contributed by atoms with Crippen LogP contribution in [-0.2, 0) is 4.79 Å². The molecule has 1 unspecified atom stereocenters. The number of para-hydroxylation sites is 1. The Bertz CT molecular complexity index is 1000. The van der Waals surface area contributed by atoms with E-state index in [9.17, 15) is 14.4 Å². The minimum absolute atomic E-state index is 0.0270. The first-order chi connectivity index (χ1) is 15.9. The molecule has 0 radical (unpaired) electrons. The van der Waals surface area contributed by atoms with Gasteiger partial charge in [0.1, 0.15) is 5.75 Å². The van der Waals surface area contributed by atoms with Gasteiger partial charge in [-0.15, -0.1) is 0 Å². The van der Waals surface area contributed by atoms with Gasteiger partial charge in [0, 0.05) is 30.7 Å². The zero-order chi connectivity index (χ0) is 23.4. The molecule has 0 bridgehead atoms. The Labute approximate surface area is 193 Å². The van der Waals surface area contributed by atoms with E-state index in [4.69, 9.17) is 10.5 Å². The van der Waals surface area contributed by atoms with Crippen LogP contribution in [0.2, 0.25) is 0 Å². The third kappa shape index (κ3) is 5.34. The lowest BCUT2D eigenvalue weighted by molar-refractivity contribution is -0.129. The first-order valence-corrected chi connectivity index (χ1v) is 11.4. The zero-order valence-electron chi connectivity index (χ0n) is 18.8. The van der Waals surface area contributed by atoms with Crippen LogP contribution in [0.3, 0.4) is 0 Å². The number of hydrogen-bond donors (Lipinski definition) is 2. The molecule has 2 aromatic carbocycles. The number of aryl methyl sites for hydroxylation is 1. The molecule has 3 N–H and O–H groups in total. The molecule has 174 valence electrons. The summed E-state index contributed by atoms with van der Waals surface area (Å²) in [4.78, 5) is 42.5. The Kier molecular flexibility index (Phi) is 6.93. The van der Waals surface area contributed by atoms with Gasteiger partial charge in [-0.2, -0.15) is 0 Å². The molecule has 0 spiro atoms. The molecule has 33 heavy (non-hydrogen) atoms. The highest BCUT2D eigenvalue weighted by molar-refractivity contribution is 5.99. The molecule has 4 rings (SSSR count). The summed E-state index contributed by atoms with van der Waals surface area (Å²) in [6, 6.07) is 16.0. The van der Waals surface area contributed by atoms with Gasteiger partial charge >= 0.3 is 6.09 Å². The summed E-state index contributed by atoms with van der Waals surface area (Å²) in [7, 11) is 0. The van der Waals surface area contributed by atoms with Crippen molar-refractivity contribution >= 4 is 17.9 Å². The molecule has 1 atom stereocenters. The van der Waals surface area contributed by atoms with E-state index in [1.165, 1.54) is 9.80 Å². The molecule has 2 fully saturated rings. The summed E-state index contributed by atoms with van der Waals surface area (Å²) in [6.07, 6.45) is 1.49. The average molecular weight is 451 g/mol. The molecule has 1 aliphatic carbocycles. The van der Waals surface area contributed by atoms with Crippen LogP contribution < -0.4 is 15.8 Å². The lowest BCUT2D eigenvalue weighted by Crippen LogP contribution is -2.56. The molecule has 8 heteroatoms. The Morgan fingerprint density at radius 2 is 1.64 bits per heavy atom. The van der Waals surface area contributed by atoms with Crippen LogP contribution in [0.4, 0.5) is 4.79 Å². The van der Waals surface area contributed by atoms with E-state index in [0.29, 0.717) is 11.3 Å². The van der Waals surface area contributed by atoms with Crippen LogP contribution in [0.15, 0.2) is 54.6 Å². The molecular formula is C25H30N4O4. The molecule has 2 aliphatic rings. The predicted octanol–water partition coefficient (Wildman–Crippen LogP) is 2.66. The van der Waals surface area contributed by atoms with E-state index in [1.807, 2.05) is 19.1 Å². The maximum Gasteiger partial charge on any atom is 0.417 e. The summed E-state index contributed by atoms with van der Waals surface area (Å²) in [6.45, 7) is 2.35. The summed E-state index contributed by atoms with van der Waals surface area (Å²) in [5, 5.41) is 3.04. The summed E-state index contributed by atoms with van der Waals surface area (Å²) in [5.41, 5.74) is 7.41. The number of nitrogens with one attached hydrogen (secondary N) is 1. The topological polar surface area (TPSA) is 105 Å². The third-order valence-corrected chi connectivity index (χ3v) is 6.23. The van der Waals surface area contributed by atoms with Crippen molar-refractivity contribution in [1.82, 2.24) is 15.1 Å². The van der Waals surface area contributed by atoms with E-state index >= 15 is 0 Å². The fraction of sp³-hybridized carbons (Fsp3) is 0.400. The number of amides is 3. The third-order valence-electron chi connectivity index (χ3n) is 6.23. The first-order valence-electron chi connectivity index (χ1n) is 11.4. The molecule has 1 heterocycles. The Hall–Kier alpha value is -3.39. The molecule has 3 amide bonds. The first kappa shape index (κ1) is 22.8. The summed E-state index contributed by atoms with van der Waals surface area (Å²) >= 11 is 0. The summed E-state index contributed by atoms with van der Waals surface area (Å²) in [5.74, 6) is -0.287. The average Bonchev–Trinajstić information content (AvgIpc) is 3.26. The van der Waals surface area contributed by atoms with Crippen LogP contribution in [0.5, 0.6) is 5.75 Å². The van der Waals surface area contributed by atoms with Crippen LogP contribution in [0.25, 0.3) is 0 Å². The highest BCUT2D eigenvalue weighted by Crippen LogP contribution is 2.23. The molecule has 1 aliphatic heterocycles. The number of carbonyl (C=O) groups is 3. The second kappa shape index (κ2) is 10.0. The Balaban J connectivity index is 1.55. The van der Waals surface area contributed by atoms with E-state index < -0.39 is 12.3 Å². The standard InChI is InChI=1S/C25H30N4O4/c1-17-6-5-7-18(16-17)24(31)28-14-15-29(25(32)33-21-8-3-2-4-9-21)23(28)22(30)27-20-12-10-19(26)11-13-20/h2-9,16,19-20,23H,10-15,26H2,1H3,(H,27,30). The van der Waals surface area contributed by atoms with Crippen LogP contribution in [0.1, 0.15) is 41.6 Å². The van der Waals surface area contributed by atoms with Gasteiger partial charge in [-0.1, -0.05) is 35.9 Å². The lowest BCUT2D eigenvalue weighted by atomic mass is 9.92. The number of ether oxygens (including phenoxy) is 1. The maximum atomic E-state index is 13.4. The quantitative estimate of drug-likeness (QED) is 0.745. The van der Waals surface area contributed by atoms with Crippen molar-refractivity contribution in [3.05, 3.63) is 65.7 Å². The molecule has 2 aromatic rings. The fourth-order valence-electron chi connectivity index (χ4n) is 4.45. The number of nitrogens with two attached hydrogens (primary N) is 1. The highest BCUT2D eigenvalue weighted by atomic mass is 16.6. The van der Waals surface area contributed by atoms with Crippen molar-refractivity contribution in [2.45, 2.75) is 50.9 Å². The van der Waals surface area contributed by atoms with E-state index in [2.05, 4.69) is 5.32 Å². The van der Waals surface area contributed by atoms with Crippen molar-refractivity contribution < 1.29 is 19.1 Å². The number of nitrogens with zero attached hydrogens (tertiary/aromatic N) is 2. The highest BCUT2D eigenvalue weighted by Gasteiger charge is 2.44. The van der Waals surface area contributed by atoms with Crippen molar-refractivity contribution in [1.29, 1.82) is 0 Å². The van der Waals surface area contributed by atoms with Gasteiger partial charge in [-0.05, 0) is 56.9 Å². The monoisotopic (exact) mass is 450 g/mol. The van der Waals surface area contributed by atoms with Crippen molar-refractivity contribution in [3.63, 3.8) is 0 Å². The predicted molar refractivity (Wildman–Crippen MR) is 124 cm³/mol. The number of rotatable bonds is 4. The van der Waals surface area contributed by atoms with Gasteiger partial charge in [-0.25, -0.2) is 4.79 Å². The van der Waals surface area contributed by atoms with Crippen LogP contribution in [-0.4, -0.2) is 59.0 Å².